The second-order valence-corrected chi connectivity index (χ2v) is 4.99. The van der Waals surface area contributed by atoms with Crippen LogP contribution in [0.15, 0.2) is 46.1 Å². The third-order valence-electron chi connectivity index (χ3n) is 3.25. The van der Waals surface area contributed by atoms with E-state index in [-0.39, 0.29) is 5.91 Å². The standard InChI is InChI=1S/C15H17N5O3/c21-13(17-6-2-8-20-9-7-16-11-20)4-5-14-18-15(19-23-14)12-3-1-10-22-12/h1,3,7,9-11H,2,4-6,8H2,(H,17,21). The maximum Gasteiger partial charge on any atom is 0.238 e. The first kappa shape index (κ1) is 15.0. The highest BCUT2D eigenvalue weighted by Crippen LogP contribution is 2.16. The molecule has 0 unspecified atom stereocenters. The first-order valence-corrected chi connectivity index (χ1v) is 7.40. The number of carbonyl (C=O) groups is 1. The van der Waals surface area contributed by atoms with E-state index < -0.39 is 0 Å². The molecule has 0 spiro atoms. The summed E-state index contributed by atoms with van der Waals surface area (Å²) in [5, 5.41) is 6.69. The lowest BCUT2D eigenvalue weighted by Gasteiger charge is -2.04. The summed E-state index contributed by atoms with van der Waals surface area (Å²) in [5.74, 6) is 1.33. The lowest BCUT2D eigenvalue weighted by molar-refractivity contribution is -0.121. The highest BCUT2D eigenvalue weighted by Gasteiger charge is 2.12. The summed E-state index contributed by atoms with van der Waals surface area (Å²) < 4.78 is 12.3. The summed E-state index contributed by atoms with van der Waals surface area (Å²) in [4.78, 5) is 19.9. The summed E-state index contributed by atoms with van der Waals surface area (Å²) in [6.07, 6.45) is 8.50. The zero-order valence-electron chi connectivity index (χ0n) is 12.5. The van der Waals surface area contributed by atoms with E-state index in [0.29, 0.717) is 36.9 Å². The van der Waals surface area contributed by atoms with Crippen molar-refractivity contribution in [1.82, 2.24) is 25.0 Å². The van der Waals surface area contributed by atoms with Crippen LogP contribution in [-0.2, 0) is 17.8 Å². The van der Waals surface area contributed by atoms with E-state index in [2.05, 4.69) is 20.4 Å². The normalized spacial score (nSPS) is 10.8. The molecule has 0 saturated heterocycles. The Balaban J connectivity index is 1.36. The van der Waals surface area contributed by atoms with Crippen molar-refractivity contribution in [3.05, 3.63) is 43.0 Å². The number of aromatic nitrogens is 4. The number of hydrogen-bond acceptors (Lipinski definition) is 6. The van der Waals surface area contributed by atoms with Gasteiger partial charge in [0.05, 0.1) is 12.6 Å². The van der Waals surface area contributed by atoms with E-state index in [1.807, 2.05) is 10.8 Å². The average molecular weight is 315 g/mol. The summed E-state index contributed by atoms with van der Waals surface area (Å²) in [6.45, 7) is 1.45. The number of hydrogen-bond donors (Lipinski definition) is 1. The summed E-state index contributed by atoms with van der Waals surface area (Å²) in [7, 11) is 0. The number of furan rings is 1. The molecule has 120 valence electrons. The molecule has 3 heterocycles. The van der Waals surface area contributed by atoms with Crippen molar-refractivity contribution in [2.75, 3.05) is 6.54 Å². The van der Waals surface area contributed by atoms with Crippen molar-refractivity contribution in [2.45, 2.75) is 25.8 Å². The molecule has 0 radical (unpaired) electrons. The first-order chi connectivity index (χ1) is 11.3. The second kappa shape index (κ2) is 7.39. The van der Waals surface area contributed by atoms with Crippen LogP contribution in [0.5, 0.6) is 0 Å². The molecule has 23 heavy (non-hydrogen) atoms. The van der Waals surface area contributed by atoms with Gasteiger partial charge in [-0.3, -0.25) is 4.79 Å². The molecule has 0 fully saturated rings. The molecule has 3 aromatic rings. The Morgan fingerprint density at radius 3 is 3.13 bits per heavy atom. The fourth-order valence-electron chi connectivity index (χ4n) is 2.08. The van der Waals surface area contributed by atoms with Gasteiger partial charge in [0, 0.05) is 38.3 Å². The van der Waals surface area contributed by atoms with Gasteiger partial charge in [0.2, 0.25) is 17.6 Å². The number of imidazole rings is 1. The van der Waals surface area contributed by atoms with E-state index in [9.17, 15) is 4.79 Å². The number of nitrogens with one attached hydrogen (secondary N) is 1. The summed E-state index contributed by atoms with van der Waals surface area (Å²) in [6, 6.07) is 3.50. The van der Waals surface area contributed by atoms with E-state index in [0.717, 1.165) is 13.0 Å². The van der Waals surface area contributed by atoms with Crippen LogP contribution in [0.2, 0.25) is 0 Å². The molecule has 0 aliphatic heterocycles. The zero-order chi connectivity index (χ0) is 15.9. The fourth-order valence-corrected chi connectivity index (χ4v) is 2.08. The molecule has 8 heteroatoms. The Morgan fingerprint density at radius 1 is 1.39 bits per heavy atom. The summed E-state index contributed by atoms with van der Waals surface area (Å²) >= 11 is 0. The molecule has 0 saturated carbocycles. The van der Waals surface area contributed by atoms with Crippen molar-refractivity contribution in [3.8, 4) is 11.6 Å². The minimum Gasteiger partial charge on any atom is -0.461 e. The topological polar surface area (TPSA) is 99.0 Å². The fraction of sp³-hybridized carbons (Fsp3) is 0.333. The van der Waals surface area contributed by atoms with E-state index in [1.54, 1.807) is 30.9 Å². The lowest BCUT2D eigenvalue weighted by Crippen LogP contribution is -2.25. The quantitative estimate of drug-likeness (QED) is 0.635. The van der Waals surface area contributed by atoms with Crippen molar-refractivity contribution in [3.63, 3.8) is 0 Å². The number of aryl methyl sites for hydroxylation is 2. The van der Waals surface area contributed by atoms with Crippen LogP contribution in [-0.4, -0.2) is 32.1 Å². The molecule has 0 aliphatic rings. The smallest absolute Gasteiger partial charge is 0.238 e. The van der Waals surface area contributed by atoms with Gasteiger partial charge in [-0.15, -0.1) is 0 Å². The molecule has 0 aliphatic carbocycles. The largest absolute Gasteiger partial charge is 0.461 e. The van der Waals surface area contributed by atoms with Crippen LogP contribution in [0.4, 0.5) is 0 Å². The van der Waals surface area contributed by atoms with Crippen molar-refractivity contribution < 1.29 is 13.7 Å². The Labute approximate surface area is 132 Å². The van der Waals surface area contributed by atoms with Gasteiger partial charge in [0.1, 0.15) is 0 Å². The minimum atomic E-state index is -0.0339. The van der Waals surface area contributed by atoms with Gasteiger partial charge in [-0.05, 0) is 18.6 Å². The van der Waals surface area contributed by atoms with Crippen LogP contribution in [0, 0.1) is 0 Å². The Hall–Kier alpha value is -2.90. The van der Waals surface area contributed by atoms with Gasteiger partial charge < -0.3 is 18.8 Å². The number of amides is 1. The number of carbonyl (C=O) groups excluding carboxylic acids is 1. The van der Waals surface area contributed by atoms with Crippen molar-refractivity contribution in [2.24, 2.45) is 0 Å². The average Bonchev–Trinajstić information content (AvgIpc) is 3.31. The third-order valence-corrected chi connectivity index (χ3v) is 3.25. The van der Waals surface area contributed by atoms with Gasteiger partial charge in [0.25, 0.3) is 0 Å². The van der Waals surface area contributed by atoms with Crippen LogP contribution in [0.25, 0.3) is 11.6 Å². The van der Waals surface area contributed by atoms with Gasteiger partial charge in [0.15, 0.2) is 5.76 Å². The summed E-state index contributed by atoms with van der Waals surface area (Å²) in [5.41, 5.74) is 0. The molecule has 0 atom stereocenters. The molecule has 1 amide bonds. The molecule has 3 rings (SSSR count). The minimum absolute atomic E-state index is 0.0339. The van der Waals surface area contributed by atoms with Crippen molar-refractivity contribution >= 4 is 5.91 Å². The molecule has 0 bridgehead atoms. The predicted octanol–water partition coefficient (Wildman–Crippen LogP) is 1.67. The predicted molar refractivity (Wildman–Crippen MR) is 80.2 cm³/mol. The molecular weight excluding hydrogens is 298 g/mol. The highest BCUT2D eigenvalue weighted by atomic mass is 16.5. The molecule has 1 N–H and O–H groups in total. The van der Waals surface area contributed by atoms with E-state index in [4.69, 9.17) is 8.94 Å². The SMILES string of the molecule is O=C(CCc1nc(-c2ccco2)no1)NCCCn1ccnc1. The van der Waals surface area contributed by atoms with Gasteiger partial charge in [-0.1, -0.05) is 5.16 Å². The van der Waals surface area contributed by atoms with E-state index in [1.165, 1.54) is 0 Å². The molecule has 0 aromatic carbocycles. The van der Waals surface area contributed by atoms with E-state index >= 15 is 0 Å². The maximum absolute atomic E-state index is 11.8. The Bertz CT molecular complexity index is 718. The molecule has 8 nitrogen and oxygen atoms in total. The third kappa shape index (κ3) is 4.29. The monoisotopic (exact) mass is 315 g/mol. The number of rotatable bonds is 8. The molecular formula is C15H17N5O3. The Morgan fingerprint density at radius 2 is 2.35 bits per heavy atom. The molecule has 3 aromatic heterocycles. The van der Waals surface area contributed by atoms with Gasteiger partial charge in [-0.25, -0.2) is 4.98 Å². The highest BCUT2D eigenvalue weighted by molar-refractivity contribution is 5.75. The Kier molecular flexibility index (Phi) is 4.82. The first-order valence-electron chi connectivity index (χ1n) is 7.40. The maximum atomic E-state index is 11.8. The lowest BCUT2D eigenvalue weighted by atomic mass is 10.3. The van der Waals surface area contributed by atoms with Crippen LogP contribution in [0.3, 0.4) is 0 Å². The van der Waals surface area contributed by atoms with Crippen LogP contribution in [0.1, 0.15) is 18.7 Å². The second-order valence-electron chi connectivity index (χ2n) is 4.99. The van der Waals surface area contributed by atoms with Crippen LogP contribution < -0.4 is 5.32 Å². The van der Waals surface area contributed by atoms with Crippen molar-refractivity contribution in [1.29, 1.82) is 0 Å². The number of nitrogens with zero attached hydrogens (tertiary/aromatic N) is 4. The van der Waals surface area contributed by atoms with Crippen LogP contribution >= 0.6 is 0 Å². The van der Waals surface area contributed by atoms with Gasteiger partial charge >= 0.3 is 0 Å². The zero-order valence-corrected chi connectivity index (χ0v) is 12.5. The van der Waals surface area contributed by atoms with Gasteiger partial charge in [-0.2, -0.15) is 4.98 Å².